The smallest absolute Gasteiger partial charge is 0.319 e. The first-order chi connectivity index (χ1) is 12.1. The second-order valence-corrected chi connectivity index (χ2v) is 6.21. The van der Waals surface area contributed by atoms with Crippen molar-refractivity contribution in [1.29, 1.82) is 0 Å². The van der Waals surface area contributed by atoms with Gasteiger partial charge in [0.2, 0.25) is 0 Å². The molecule has 0 aliphatic heterocycles. The molecule has 1 aliphatic carbocycles. The summed E-state index contributed by atoms with van der Waals surface area (Å²) in [5.41, 5.74) is 0.753. The number of hydrogen-bond acceptors (Lipinski definition) is 1. The number of urea groups is 1. The predicted octanol–water partition coefficient (Wildman–Crippen LogP) is 4.80. The van der Waals surface area contributed by atoms with Gasteiger partial charge in [0.15, 0.2) is 0 Å². The summed E-state index contributed by atoms with van der Waals surface area (Å²) in [5, 5.41) is 7.57. The summed E-state index contributed by atoms with van der Waals surface area (Å²) in [4.78, 5) is 12.2. The SMILES string of the molecule is O=C(Nc1cccc2ccccc12)N[C@@H]1C[C@@H]1c1c(F)cccc1F. The lowest BCUT2D eigenvalue weighted by atomic mass is 10.1. The molecule has 0 aromatic heterocycles. The first-order valence-electron chi connectivity index (χ1n) is 8.12. The van der Waals surface area contributed by atoms with Gasteiger partial charge in [-0.25, -0.2) is 13.6 Å². The first kappa shape index (κ1) is 15.6. The van der Waals surface area contributed by atoms with Crippen LogP contribution in [0.4, 0.5) is 19.3 Å². The van der Waals surface area contributed by atoms with Crippen LogP contribution < -0.4 is 10.6 Å². The van der Waals surface area contributed by atoms with Crippen LogP contribution in [0.1, 0.15) is 17.9 Å². The Morgan fingerprint density at radius 2 is 1.60 bits per heavy atom. The van der Waals surface area contributed by atoms with Crippen molar-refractivity contribution in [3.05, 3.63) is 77.9 Å². The van der Waals surface area contributed by atoms with Crippen molar-refractivity contribution in [2.45, 2.75) is 18.4 Å². The Labute approximate surface area is 143 Å². The molecule has 0 radical (unpaired) electrons. The van der Waals surface area contributed by atoms with E-state index in [1.54, 1.807) is 0 Å². The maximum absolute atomic E-state index is 13.8. The van der Waals surface area contributed by atoms with Gasteiger partial charge < -0.3 is 10.6 Å². The molecule has 25 heavy (non-hydrogen) atoms. The van der Waals surface area contributed by atoms with Crippen molar-refractivity contribution >= 4 is 22.5 Å². The first-order valence-corrected chi connectivity index (χ1v) is 8.12. The van der Waals surface area contributed by atoms with Gasteiger partial charge in [-0.2, -0.15) is 0 Å². The van der Waals surface area contributed by atoms with Gasteiger partial charge in [-0.3, -0.25) is 0 Å². The molecule has 3 aromatic rings. The molecular weight excluding hydrogens is 322 g/mol. The predicted molar refractivity (Wildman–Crippen MR) is 93.6 cm³/mol. The van der Waals surface area contributed by atoms with Crippen LogP contribution in [-0.4, -0.2) is 12.1 Å². The minimum Gasteiger partial charge on any atom is -0.334 e. The molecular formula is C20H16F2N2O. The third kappa shape index (κ3) is 3.05. The Hall–Kier alpha value is -2.95. The van der Waals surface area contributed by atoms with Crippen molar-refractivity contribution in [3.63, 3.8) is 0 Å². The Bertz CT molecular complexity index is 932. The van der Waals surface area contributed by atoms with Crippen LogP contribution in [-0.2, 0) is 0 Å². The maximum atomic E-state index is 13.8. The van der Waals surface area contributed by atoms with Crippen molar-refractivity contribution in [3.8, 4) is 0 Å². The molecule has 2 N–H and O–H groups in total. The van der Waals surface area contributed by atoms with Crippen LogP contribution in [0.5, 0.6) is 0 Å². The maximum Gasteiger partial charge on any atom is 0.319 e. The number of carbonyl (C=O) groups is 1. The molecule has 126 valence electrons. The number of rotatable bonds is 3. The summed E-state index contributed by atoms with van der Waals surface area (Å²) < 4.78 is 27.6. The second-order valence-electron chi connectivity index (χ2n) is 6.21. The van der Waals surface area contributed by atoms with E-state index >= 15 is 0 Å². The molecule has 0 spiro atoms. The van der Waals surface area contributed by atoms with Crippen LogP contribution in [0.25, 0.3) is 10.8 Å². The minimum atomic E-state index is -0.566. The van der Waals surface area contributed by atoms with Gasteiger partial charge in [0.1, 0.15) is 11.6 Å². The molecule has 3 aromatic carbocycles. The fourth-order valence-electron chi connectivity index (χ4n) is 3.20. The molecule has 1 fully saturated rings. The van der Waals surface area contributed by atoms with E-state index in [4.69, 9.17) is 0 Å². The van der Waals surface area contributed by atoms with Crippen molar-refractivity contribution in [2.75, 3.05) is 5.32 Å². The standard InChI is InChI=1S/C20H16F2N2O/c21-15-8-4-9-16(22)19(15)14-11-18(14)24-20(25)23-17-10-3-6-12-5-1-2-7-13(12)17/h1-10,14,18H,11H2,(H2,23,24,25)/t14-,18+/m0/s1. The van der Waals surface area contributed by atoms with Gasteiger partial charge in [-0.1, -0.05) is 42.5 Å². The van der Waals surface area contributed by atoms with E-state index in [2.05, 4.69) is 10.6 Å². The van der Waals surface area contributed by atoms with Gasteiger partial charge >= 0.3 is 6.03 Å². The van der Waals surface area contributed by atoms with Gasteiger partial charge in [-0.05, 0) is 30.0 Å². The van der Waals surface area contributed by atoms with Crippen LogP contribution in [0.15, 0.2) is 60.7 Å². The molecule has 0 unspecified atom stereocenters. The van der Waals surface area contributed by atoms with Crippen LogP contribution in [0.3, 0.4) is 0 Å². The van der Waals surface area contributed by atoms with E-state index < -0.39 is 11.6 Å². The number of carbonyl (C=O) groups excluding carboxylic acids is 1. The van der Waals surface area contributed by atoms with E-state index in [0.717, 1.165) is 10.8 Å². The fourth-order valence-corrected chi connectivity index (χ4v) is 3.20. The summed E-state index contributed by atoms with van der Waals surface area (Å²) in [6.45, 7) is 0. The zero-order valence-corrected chi connectivity index (χ0v) is 13.3. The average Bonchev–Trinajstić information content (AvgIpc) is 3.33. The highest BCUT2D eigenvalue weighted by molar-refractivity contribution is 6.01. The highest BCUT2D eigenvalue weighted by Gasteiger charge is 2.42. The summed E-state index contributed by atoms with van der Waals surface area (Å²) >= 11 is 0. The Morgan fingerprint density at radius 1 is 0.920 bits per heavy atom. The lowest BCUT2D eigenvalue weighted by molar-refractivity contribution is 0.251. The van der Waals surface area contributed by atoms with Crippen molar-refractivity contribution in [1.82, 2.24) is 5.32 Å². The molecule has 2 amide bonds. The van der Waals surface area contributed by atoms with Crippen LogP contribution >= 0.6 is 0 Å². The molecule has 0 bridgehead atoms. The lowest BCUT2D eigenvalue weighted by Crippen LogP contribution is -2.31. The number of benzene rings is 3. The van der Waals surface area contributed by atoms with Crippen molar-refractivity contribution < 1.29 is 13.6 Å². The Balaban J connectivity index is 1.45. The van der Waals surface area contributed by atoms with E-state index in [-0.39, 0.29) is 23.6 Å². The van der Waals surface area contributed by atoms with Gasteiger partial charge in [0, 0.05) is 22.9 Å². The summed E-state index contributed by atoms with van der Waals surface area (Å²) in [5.74, 6) is -1.45. The molecule has 1 aliphatic rings. The third-order valence-electron chi connectivity index (χ3n) is 4.52. The summed E-state index contributed by atoms with van der Waals surface area (Å²) in [6, 6.07) is 16.6. The highest BCUT2D eigenvalue weighted by atomic mass is 19.1. The number of anilines is 1. The molecule has 0 heterocycles. The summed E-state index contributed by atoms with van der Waals surface area (Å²) in [7, 11) is 0. The fraction of sp³-hybridized carbons (Fsp3) is 0.150. The van der Waals surface area contributed by atoms with E-state index in [0.29, 0.717) is 12.1 Å². The van der Waals surface area contributed by atoms with E-state index in [1.165, 1.54) is 18.2 Å². The number of halogens is 2. The molecule has 4 rings (SSSR count). The van der Waals surface area contributed by atoms with Gasteiger partial charge in [-0.15, -0.1) is 0 Å². The number of fused-ring (bicyclic) bond motifs is 1. The van der Waals surface area contributed by atoms with Crippen LogP contribution in [0.2, 0.25) is 0 Å². The van der Waals surface area contributed by atoms with E-state index in [9.17, 15) is 13.6 Å². The average molecular weight is 338 g/mol. The number of nitrogens with one attached hydrogen (secondary N) is 2. The highest BCUT2D eigenvalue weighted by Crippen LogP contribution is 2.43. The topological polar surface area (TPSA) is 41.1 Å². The van der Waals surface area contributed by atoms with Crippen LogP contribution in [0, 0.1) is 11.6 Å². The summed E-state index contributed by atoms with van der Waals surface area (Å²) in [6.07, 6.45) is 0.529. The number of hydrogen-bond donors (Lipinski definition) is 2. The van der Waals surface area contributed by atoms with Gasteiger partial charge in [0.25, 0.3) is 0 Å². The van der Waals surface area contributed by atoms with E-state index in [1.807, 2.05) is 42.5 Å². The minimum absolute atomic E-state index is 0.0537. The lowest BCUT2D eigenvalue weighted by Gasteiger charge is -2.10. The number of amides is 2. The molecule has 1 saturated carbocycles. The second kappa shape index (κ2) is 6.16. The molecule has 5 heteroatoms. The quantitative estimate of drug-likeness (QED) is 0.708. The zero-order chi connectivity index (χ0) is 17.4. The van der Waals surface area contributed by atoms with Crippen molar-refractivity contribution in [2.24, 2.45) is 0 Å². The molecule has 3 nitrogen and oxygen atoms in total. The van der Waals surface area contributed by atoms with Gasteiger partial charge in [0.05, 0.1) is 5.69 Å². The molecule has 2 atom stereocenters. The largest absolute Gasteiger partial charge is 0.334 e. The Kier molecular flexibility index (Phi) is 3.84. The zero-order valence-electron chi connectivity index (χ0n) is 13.3. The monoisotopic (exact) mass is 338 g/mol. The molecule has 0 saturated heterocycles. The Morgan fingerprint density at radius 3 is 2.40 bits per heavy atom. The third-order valence-corrected chi connectivity index (χ3v) is 4.52. The normalized spacial score (nSPS) is 18.8.